The monoisotopic (exact) mass is 623 g/mol. The van der Waals surface area contributed by atoms with E-state index in [2.05, 4.69) is 67.1 Å². The van der Waals surface area contributed by atoms with Crippen LogP contribution in [0.2, 0.25) is 5.02 Å². The van der Waals surface area contributed by atoms with Gasteiger partial charge in [0.25, 0.3) is 0 Å². The third kappa shape index (κ3) is 8.36. The number of benzene rings is 3. The first-order valence-corrected chi connectivity index (χ1v) is 16.3. The van der Waals surface area contributed by atoms with E-state index in [1.54, 1.807) is 18.5 Å². The smallest absolute Gasteiger partial charge is 0.142 e. The average Bonchev–Trinajstić information content (AvgIpc) is 3.06. The summed E-state index contributed by atoms with van der Waals surface area (Å²) in [5.41, 5.74) is 8.06. The number of hydrogen-bond acceptors (Lipinski definition) is 6. The van der Waals surface area contributed by atoms with Crippen LogP contribution in [0, 0.1) is 25.2 Å². The minimum atomic E-state index is 0.290. The number of rotatable bonds is 13. The molecule has 0 N–H and O–H groups in total. The molecule has 7 heteroatoms. The second-order valence-electron chi connectivity index (χ2n) is 11.7. The fraction of sp³-hybridized carbons (Fsp3) is 0.368. The van der Waals surface area contributed by atoms with E-state index in [0.29, 0.717) is 22.9 Å². The predicted molar refractivity (Wildman–Crippen MR) is 180 cm³/mol. The van der Waals surface area contributed by atoms with Crippen molar-refractivity contribution in [3.63, 3.8) is 0 Å². The van der Waals surface area contributed by atoms with Crippen LogP contribution in [0.5, 0.6) is 17.2 Å². The number of halogens is 1. The Balaban J connectivity index is 1.37. The van der Waals surface area contributed by atoms with Crippen LogP contribution in [0.1, 0.15) is 72.4 Å². The van der Waals surface area contributed by atoms with Crippen LogP contribution in [-0.2, 0) is 19.8 Å². The van der Waals surface area contributed by atoms with E-state index in [4.69, 9.17) is 25.8 Å². The molecule has 0 radical (unpaired) electrons. The molecule has 234 valence electrons. The molecule has 1 aliphatic rings. The van der Waals surface area contributed by atoms with Crippen LogP contribution in [0.3, 0.4) is 0 Å². The lowest BCUT2D eigenvalue weighted by Crippen LogP contribution is -2.29. The molecule has 1 aromatic heterocycles. The van der Waals surface area contributed by atoms with Crippen molar-refractivity contribution in [3.8, 4) is 34.4 Å². The summed E-state index contributed by atoms with van der Waals surface area (Å²) in [6, 6.07) is 20.4. The van der Waals surface area contributed by atoms with Crippen LogP contribution >= 0.6 is 11.6 Å². The van der Waals surface area contributed by atoms with Crippen molar-refractivity contribution in [1.29, 1.82) is 5.26 Å². The Morgan fingerprint density at radius 3 is 2.36 bits per heavy atom. The van der Waals surface area contributed by atoms with Crippen LogP contribution in [0.4, 0.5) is 0 Å². The van der Waals surface area contributed by atoms with Crippen LogP contribution in [0.25, 0.3) is 11.1 Å². The molecule has 0 unspecified atom stereocenters. The van der Waals surface area contributed by atoms with Crippen molar-refractivity contribution >= 4 is 11.6 Å². The number of aromatic nitrogens is 1. The van der Waals surface area contributed by atoms with E-state index in [0.717, 1.165) is 89.5 Å². The molecule has 0 bridgehead atoms. The molecule has 0 amide bonds. The lowest BCUT2D eigenvalue weighted by atomic mass is 9.93. The zero-order valence-electron chi connectivity index (χ0n) is 26.6. The van der Waals surface area contributed by atoms with Gasteiger partial charge in [-0.15, -0.1) is 0 Å². The van der Waals surface area contributed by atoms with Gasteiger partial charge in [0.15, 0.2) is 0 Å². The van der Waals surface area contributed by atoms with Gasteiger partial charge in [-0.2, -0.15) is 5.26 Å². The fourth-order valence-electron chi connectivity index (χ4n) is 5.77. The summed E-state index contributed by atoms with van der Waals surface area (Å²) in [5.74, 6) is 2.23. The third-order valence-electron chi connectivity index (χ3n) is 8.43. The van der Waals surface area contributed by atoms with E-state index in [1.165, 1.54) is 19.3 Å². The second kappa shape index (κ2) is 15.8. The molecular weight excluding hydrogens is 582 g/mol. The standard InChI is InChI=1S/C38H42ClN3O3/c1-4-5-17-43-36-14-10-13-34(28(36)3)33-12-9-11-31(27(33)2)26-45-38-20-37(44-25-30-18-29(21-40)22-41-23-30)32(19-35(38)39)24-42-15-7-6-8-16-42/h9-14,18-20,22-23H,4-8,15-17,24-26H2,1-3H3. The highest BCUT2D eigenvalue weighted by Crippen LogP contribution is 2.37. The molecule has 4 aromatic rings. The van der Waals surface area contributed by atoms with Gasteiger partial charge < -0.3 is 14.2 Å². The molecule has 0 aliphatic carbocycles. The van der Waals surface area contributed by atoms with Crippen LogP contribution < -0.4 is 14.2 Å². The summed E-state index contributed by atoms with van der Waals surface area (Å²) in [4.78, 5) is 6.62. The minimum Gasteiger partial charge on any atom is -0.493 e. The van der Waals surface area contributed by atoms with Gasteiger partial charge in [-0.05, 0) is 92.2 Å². The summed E-state index contributed by atoms with van der Waals surface area (Å²) < 4.78 is 18.8. The van der Waals surface area contributed by atoms with E-state index in [1.807, 2.05) is 18.2 Å². The Morgan fingerprint density at radius 1 is 0.822 bits per heavy atom. The number of nitrogens with zero attached hydrogens (tertiary/aromatic N) is 3. The number of hydrogen-bond donors (Lipinski definition) is 0. The quantitative estimate of drug-likeness (QED) is 0.138. The fourth-order valence-corrected chi connectivity index (χ4v) is 6.01. The molecular formula is C38H42ClN3O3. The van der Waals surface area contributed by atoms with Crippen molar-refractivity contribution in [2.45, 2.75) is 72.6 Å². The van der Waals surface area contributed by atoms with Gasteiger partial charge in [-0.25, -0.2) is 0 Å². The largest absolute Gasteiger partial charge is 0.493 e. The average molecular weight is 624 g/mol. The normalized spacial score (nSPS) is 13.3. The molecule has 6 nitrogen and oxygen atoms in total. The lowest BCUT2D eigenvalue weighted by Gasteiger charge is -2.27. The second-order valence-corrected chi connectivity index (χ2v) is 12.1. The third-order valence-corrected chi connectivity index (χ3v) is 8.73. The van der Waals surface area contributed by atoms with Gasteiger partial charge in [-0.1, -0.05) is 61.7 Å². The maximum atomic E-state index is 9.29. The number of ether oxygens (including phenoxy) is 3. The lowest BCUT2D eigenvalue weighted by molar-refractivity contribution is 0.214. The maximum absolute atomic E-state index is 9.29. The van der Waals surface area contributed by atoms with E-state index in [9.17, 15) is 5.26 Å². The number of piperidine rings is 1. The number of unbranched alkanes of at least 4 members (excludes halogenated alkanes) is 1. The number of nitriles is 1. The van der Waals surface area contributed by atoms with Gasteiger partial charge in [0.05, 0.1) is 17.2 Å². The van der Waals surface area contributed by atoms with Crippen molar-refractivity contribution in [2.75, 3.05) is 19.7 Å². The molecule has 45 heavy (non-hydrogen) atoms. The van der Waals surface area contributed by atoms with Gasteiger partial charge >= 0.3 is 0 Å². The Morgan fingerprint density at radius 2 is 1.58 bits per heavy atom. The van der Waals surface area contributed by atoms with E-state index >= 15 is 0 Å². The molecule has 3 aromatic carbocycles. The molecule has 1 aliphatic heterocycles. The summed E-state index contributed by atoms with van der Waals surface area (Å²) in [6.07, 6.45) is 9.09. The van der Waals surface area contributed by atoms with Gasteiger partial charge in [0.1, 0.15) is 36.5 Å². The Hall–Kier alpha value is -4.05. The first-order valence-electron chi connectivity index (χ1n) is 15.9. The predicted octanol–water partition coefficient (Wildman–Crippen LogP) is 9.21. The van der Waals surface area contributed by atoms with E-state index < -0.39 is 0 Å². The van der Waals surface area contributed by atoms with Crippen molar-refractivity contribution in [2.24, 2.45) is 0 Å². The maximum Gasteiger partial charge on any atom is 0.142 e. The molecule has 0 atom stereocenters. The van der Waals surface area contributed by atoms with Crippen molar-refractivity contribution in [3.05, 3.63) is 105 Å². The number of pyridine rings is 1. The first kappa shape index (κ1) is 32.3. The summed E-state index contributed by atoms with van der Waals surface area (Å²) >= 11 is 6.84. The zero-order chi connectivity index (χ0) is 31.6. The molecule has 5 rings (SSSR count). The molecule has 2 heterocycles. The minimum absolute atomic E-state index is 0.290. The zero-order valence-corrected chi connectivity index (χ0v) is 27.3. The summed E-state index contributed by atoms with van der Waals surface area (Å²) in [7, 11) is 0. The van der Waals surface area contributed by atoms with Crippen LogP contribution in [0.15, 0.2) is 67.0 Å². The van der Waals surface area contributed by atoms with E-state index in [-0.39, 0.29) is 6.61 Å². The first-order chi connectivity index (χ1) is 22.0. The Bertz CT molecular complexity index is 1640. The Labute approximate surface area is 272 Å². The molecule has 1 saturated heterocycles. The highest BCUT2D eigenvalue weighted by molar-refractivity contribution is 6.32. The highest BCUT2D eigenvalue weighted by Gasteiger charge is 2.18. The topological polar surface area (TPSA) is 67.6 Å². The molecule has 0 saturated carbocycles. The number of likely N-dealkylation sites (tertiary alicyclic amines) is 1. The summed E-state index contributed by atoms with van der Waals surface area (Å²) in [5, 5.41) is 9.85. The SMILES string of the molecule is CCCCOc1cccc(-c2cccc(COc3cc(OCc4cncc(C#N)c4)c(CN4CCCCC4)cc3Cl)c2C)c1C. The molecule has 0 spiro atoms. The van der Waals surface area contributed by atoms with Crippen LogP contribution in [-0.4, -0.2) is 29.6 Å². The van der Waals surface area contributed by atoms with Crippen molar-refractivity contribution < 1.29 is 14.2 Å². The highest BCUT2D eigenvalue weighted by atomic mass is 35.5. The Kier molecular flexibility index (Phi) is 11.4. The molecule has 1 fully saturated rings. The van der Waals surface area contributed by atoms with Crippen molar-refractivity contribution in [1.82, 2.24) is 9.88 Å². The van der Waals surface area contributed by atoms with Gasteiger partial charge in [-0.3, -0.25) is 9.88 Å². The summed E-state index contributed by atoms with van der Waals surface area (Å²) in [6.45, 7) is 10.7. The van der Waals surface area contributed by atoms with Gasteiger partial charge in [0, 0.05) is 36.1 Å². The van der Waals surface area contributed by atoms with Gasteiger partial charge in [0.2, 0.25) is 0 Å².